The topological polar surface area (TPSA) is 125 Å². The molecule has 11 heteroatoms. The molecule has 4 aliphatic rings. The number of hydrogen-bond acceptors (Lipinski definition) is 7. The first-order valence-corrected chi connectivity index (χ1v) is 16.5. The Morgan fingerprint density at radius 2 is 1.80 bits per heavy atom. The summed E-state index contributed by atoms with van der Waals surface area (Å²) in [5.74, 6) is -3.41. The van der Waals surface area contributed by atoms with Crippen molar-refractivity contribution < 1.29 is 33.8 Å². The first kappa shape index (κ1) is 32.4. The molecule has 44 heavy (non-hydrogen) atoms. The molecule has 5 rings (SSSR count). The molecule has 1 aromatic carbocycles. The minimum Gasteiger partial charge on any atom is -0.455 e. The summed E-state index contributed by atoms with van der Waals surface area (Å²) in [7, 11) is 0. The van der Waals surface area contributed by atoms with Gasteiger partial charge in [-0.05, 0) is 37.8 Å². The van der Waals surface area contributed by atoms with Crippen LogP contribution in [0.25, 0.3) is 0 Å². The van der Waals surface area contributed by atoms with Crippen LogP contribution in [0.5, 0.6) is 0 Å². The molecule has 2 fully saturated rings. The average molecular weight is 673 g/mol. The summed E-state index contributed by atoms with van der Waals surface area (Å²) < 4.78 is 13.3. The number of cyclic esters (lactones) is 1. The number of hydrogen-bond donors (Lipinski definition) is 2. The smallest absolute Gasteiger partial charge is 0.313 e. The standard InChI is InChI=1S/C33H42BrN3O7/c1-3-4-10-16-36-17-11-6-9-15-24(39)35-21(2)27(22-13-7-5-8-14-22)43-32(42)25-26-30(40)37(18-12-19-38)29(31(36)41)33(26)20-23(34)28(25)44-33/h5-8,11,13-14,20-21,25-29,38H,3-4,9-10,12,15-19H2,1-2H3,(H,35,39)/b11-6-/t21-,25+,26-,27+,28+,29+,33-/m1/s1. The number of carbonyl (C=O) groups is 4. The van der Waals surface area contributed by atoms with Crippen LogP contribution in [-0.4, -0.2) is 88.6 Å². The third kappa shape index (κ3) is 6.10. The summed E-state index contributed by atoms with van der Waals surface area (Å²) in [6.45, 7) is 4.70. The molecule has 10 nitrogen and oxygen atoms in total. The van der Waals surface area contributed by atoms with Gasteiger partial charge in [0.25, 0.3) is 0 Å². The monoisotopic (exact) mass is 671 g/mol. The molecule has 4 aliphatic heterocycles. The van der Waals surface area contributed by atoms with Crippen LogP contribution in [0.4, 0.5) is 0 Å². The van der Waals surface area contributed by atoms with Crippen molar-refractivity contribution in [2.24, 2.45) is 11.8 Å². The molecule has 0 radical (unpaired) electrons. The summed E-state index contributed by atoms with van der Waals surface area (Å²) in [4.78, 5) is 59.0. The summed E-state index contributed by atoms with van der Waals surface area (Å²) in [5, 5.41) is 12.6. The van der Waals surface area contributed by atoms with Crippen molar-refractivity contribution in [1.82, 2.24) is 15.1 Å². The highest BCUT2D eigenvalue weighted by Crippen LogP contribution is 2.59. The van der Waals surface area contributed by atoms with Gasteiger partial charge in [-0.1, -0.05) is 78.2 Å². The number of ether oxygens (including phenoxy) is 2. The number of benzene rings is 1. The van der Waals surface area contributed by atoms with Gasteiger partial charge in [0.2, 0.25) is 17.7 Å². The quantitative estimate of drug-likeness (QED) is 0.247. The number of esters is 1. The Kier molecular flexibility index (Phi) is 10.3. The van der Waals surface area contributed by atoms with Crippen LogP contribution in [0.2, 0.25) is 0 Å². The normalized spacial score (nSPS) is 33.2. The van der Waals surface area contributed by atoms with Gasteiger partial charge in [-0.15, -0.1) is 0 Å². The molecule has 238 valence electrons. The van der Waals surface area contributed by atoms with E-state index < -0.39 is 47.7 Å². The molecular weight excluding hydrogens is 630 g/mol. The van der Waals surface area contributed by atoms with Crippen molar-refractivity contribution >= 4 is 39.6 Å². The summed E-state index contributed by atoms with van der Waals surface area (Å²) >= 11 is 3.58. The molecular formula is C33H42BrN3O7. The molecule has 2 N–H and O–H groups in total. The van der Waals surface area contributed by atoms with Crippen LogP contribution in [-0.2, 0) is 28.7 Å². The number of amides is 3. The zero-order valence-electron chi connectivity index (χ0n) is 25.3. The zero-order valence-corrected chi connectivity index (χ0v) is 26.9. The van der Waals surface area contributed by atoms with Crippen molar-refractivity contribution in [3.8, 4) is 0 Å². The van der Waals surface area contributed by atoms with Crippen molar-refractivity contribution in [3.63, 3.8) is 0 Å². The molecule has 0 saturated carbocycles. The molecule has 4 heterocycles. The fraction of sp³-hybridized carbons (Fsp3) is 0.576. The summed E-state index contributed by atoms with van der Waals surface area (Å²) in [6, 6.07) is 7.64. The van der Waals surface area contributed by atoms with Crippen molar-refractivity contribution in [1.29, 1.82) is 0 Å². The molecule has 1 aromatic rings. The van der Waals surface area contributed by atoms with E-state index >= 15 is 0 Å². The Bertz CT molecular complexity index is 1300. The Morgan fingerprint density at radius 1 is 1.02 bits per heavy atom. The minimum absolute atomic E-state index is 0.151. The molecule has 3 amide bonds. The average Bonchev–Trinajstić information content (AvgIpc) is 3.60. The van der Waals surface area contributed by atoms with E-state index in [0.29, 0.717) is 29.6 Å². The number of fused-ring (bicyclic) bond motifs is 2. The third-order valence-corrected chi connectivity index (χ3v) is 9.76. The molecule has 2 saturated heterocycles. The highest BCUT2D eigenvalue weighted by molar-refractivity contribution is 9.11. The Hall–Kier alpha value is -3.02. The van der Waals surface area contributed by atoms with E-state index in [1.165, 1.54) is 4.90 Å². The molecule has 0 unspecified atom stereocenters. The van der Waals surface area contributed by atoms with E-state index in [1.807, 2.05) is 42.5 Å². The Balaban J connectivity index is 1.58. The largest absolute Gasteiger partial charge is 0.455 e. The fourth-order valence-corrected chi connectivity index (χ4v) is 7.74. The lowest BCUT2D eigenvalue weighted by Crippen LogP contribution is -2.56. The zero-order chi connectivity index (χ0) is 31.4. The van der Waals surface area contributed by atoms with Gasteiger partial charge >= 0.3 is 5.97 Å². The number of allylic oxidation sites excluding steroid dienone is 1. The SMILES string of the molecule is CCCCCN1C/C=C\CCC(=O)N[C@H](C)[C@@H](c2ccccc2)OC(=O)[C@@H]2[C@H]3O[C@@]4(C=C3Br)[C@H](C1=O)N(CCCO)C(=O)[C@@H]24. The number of carbonyl (C=O) groups excluding carboxylic acids is 4. The molecule has 5 bridgehead atoms. The maximum absolute atomic E-state index is 14.5. The second-order valence-electron chi connectivity index (χ2n) is 12.1. The lowest BCUT2D eigenvalue weighted by atomic mass is 9.74. The minimum atomic E-state index is -1.36. The van der Waals surface area contributed by atoms with Gasteiger partial charge in [0.05, 0.1) is 12.0 Å². The first-order valence-electron chi connectivity index (χ1n) is 15.7. The van der Waals surface area contributed by atoms with Gasteiger partial charge in [-0.2, -0.15) is 0 Å². The highest BCUT2D eigenvalue weighted by Gasteiger charge is 2.74. The summed E-state index contributed by atoms with van der Waals surface area (Å²) in [6.07, 6.45) is 7.69. The van der Waals surface area contributed by atoms with Crippen LogP contribution in [0.1, 0.15) is 64.0 Å². The van der Waals surface area contributed by atoms with Crippen LogP contribution >= 0.6 is 15.9 Å². The molecule has 0 aromatic heterocycles. The number of rotatable bonds is 8. The van der Waals surface area contributed by atoms with Crippen LogP contribution in [0.3, 0.4) is 0 Å². The maximum atomic E-state index is 14.5. The van der Waals surface area contributed by atoms with E-state index in [2.05, 4.69) is 28.2 Å². The van der Waals surface area contributed by atoms with Crippen LogP contribution in [0.15, 0.2) is 53.0 Å². The molecule has 0 aliphatic carbocycles. The highest BCUT2D eigenvalue weighted by atomic mass is 79.9. The second kappa shape index (κ2) is 14.0. The van der Waals surface area contributed by atoms with E-state index in [4.69, 9.17) is 9.47 Å². The van der Waals surface area contributed by atoms with E-state index in [9.17, 15) is 24.3 Å². The van der Waals surface area contributed by atoms with Gasteiger partial charge in [-0.25, -0.2) is 0 Å². The number of nitrogens with one attached hydrogen (secondary N) is 1. The number of likely N-dealkylation sites (tertiary alicyclic amines) is 1. The number of unbranched alkanes of at least 4 members (excludes halogenated alkanes) is 2. The second-order valence-corrected chi connectivity index (χ2v) is 13.0. The van der Waals surface area contributed by atoms with Gasteiger partial charge in [0.15, 0.2) is 0 Å². The van der Waals surface area contributed by atoms with E-state index in [0.717, 1.165) is 19.3 Å². The van der Waals surface area contributed by atoms with Gasteiger partial charge in [0.1, 0.15) is 29.8 Å². The van der Waals surface area contributed by atoms with Gasteiger partial charge in [0, 0.05) is 37.1 Å². The molecule has 1 spiro atoms. The van der Waals surface area contributed by atoms with E-state index in [1.54, 1.807) is 17.9 Å². The predicted molar refractivity (Wildman–Crippen MR) is 166 cm³/mol. The summed E-state index contributed by atoms with van der Waals surface area (Å²) in [5.41, 5.74) is -0.655. The Labute approximate surface area is 266 Å². The van der Waals surface area contributed by atoms with Gasteiger partial charge < -0.3 is 29.7 Å². The lowest BCUT2D eigenvalue weighted by Gasteiger charge is -2.36. The predicted octanol–water partition coefficient (Wildman–Crippen LogP) is 3.40. The lowest BCUT2D eigenvalue weighted by molar-refractivity contribution is -0.161. The third-order valence-electron chi connectivity index (χ3n) is 9.08. The molecule has 7 atom stereocenters. The number of aliphatic hydroxyl groups is 1. The number of nitrogens with zero attached hydrogens (tertiary/aromatic N) is 2. The van der Waals surface area contributed by atoms with Crippen LogP contribution < -0.4 is 5.32 Å². The first-order chi connectivity index (χ1) is 21.2. The van der Waals surface area contributed by atoms with Crippen LogP contribution in [0, 0.1) is 11.8 Å². The number of halogens is 1. The fourth-order valence-electron chi connectivity index (χ4n) is 7.01. The maximum Gasteiger partial charge on any atom is 0.313 e. The van der Waals surface area contributed by atoms with Crippen molar-refractivity contribution in [2.75, 3.05) is 26.2 Å². The van der Waals surface area contributed by atoms with E-state index in [-0.39, 0.29) is 43.7 Å². The Morgan fingerprint density at radius 3 is 2.52 bits per heavy atom. The van der Waals surface area contributed by atoms with Crippen molar-refractivity contribution in [3.05, 3.63) is 58.6 Å². The van der Waals surface area contributed by atoms with Gasteiger partial charge in [-0.3, -0.25) is 19.2 Å². The van der Waals surface area contributed by atoms with Crippen molar-refractivity contribution in [2.45, 2.75) is 82.3 Å². The number of aliphatic hydroxyl groups excluding tert-OH is 1.